The molecular weight excluding hydrogens is 208 g/mol. The number of aromatic nitrogens is 1. The number of rotatable bonds is 2. The maximum Gasteiger partial charge on any atom is 0.352 e. The summed E-state index contributed by atoms with van der Waals surface area (Å²) >= 11 is 0. The van der Waals surface area contributed by atoms with Gasteiger partial charge in [0.15, 0.2) is 0 Å². The Hall–Kier alpha value is -1.34. The molecule has 0 saturated heterocycles. The fourth-order valence-corrected chi connectivity index (χ4v) is 2.38. The van der Waals surface area contributed by atoms with Gasteiger partial charge in [-0.3, -0.25) is 0 Å². The Balaban J connectivity index is 3.56. The van der Waals surface area contributed by atoms with Gasteiger partial charge in [-0.05, 0) is 13.8 Å². The van der Waals surface area contributed by atoms with Gasteiger partial charge in [0, 0.05) is 11.3 Å². The number of aromatic amines is 1. The van der Waals surface area contributed by atoms with E-state index in [1.54, 1.807) is 0 Å². The van der Waals surface area contributed by atoms with Crippen LogP contribution in [-0.4, -0.2) is 24.5 Å². The summed E-state index contributed by atoms with van der Waals surface area (Å²) in [4.78, 5) is 13.0. The summed E-state index contributed by atoms with van der Waals surface area (Å²) in [6, 6.07) is 0. The lowest BCUT2D eigenvalue weighted by atomic mass is 10.2. The summed E-state index contributed by atoms with van der Waals surface area (Å²) in [5.41, 5.74) is 0.228. The Kier molecular flexibility index (Phi) is 2.38. The van der Waals surface area contributed by atoms with Crippen LogP contribution >= 0.6 is 0 Å². The highest BCUT2D eigenvalue weighted by Gasteiger charge is 2.23. The summed E-state index contributed by atoms with van der Waals surface area (Å²) in [5, 5.41) is 13.6. The van der Waals surface area contributed by atoms with E-state index in [2.05, 4.69) is 4.98 Å². The standard InChI is InChI=1S/C7H10N2O4S/c1-3-5(7(10)11)9-4(2)6(3)14(8,12)13/h9H,1-2H3,(H,10,11)(H2,8,12,13). The lowest BCUT2D eigenvalue weighted by Crippen LogP contribution is -2.14. The van der Waals surface area contributed by atoms with Gasteiger partial charge in [-0.15, -0.1) is 0 Å². The number of sulfonamides is 1. The number of carboxylic acid groups (broad SMARTS) is 1. The molecule has 0 radical (unpaired) electrons. The smallest absolute Gasteiger partial charge is 0.352 e. The molecule has 1 aromatic heterocycles. The molecule has 0 unspecified atom stereocenters. The normalized spacial score (nSPS) is 11.6. The highest BCUT2D eigenvalue weighted by atomic mass is 32.2. The Morgan fingerprint density at radius 1 is 1.43 bits per heavy atom. The van der Waals surface area contributed by atoms with E-state index < -0.39 is 16.0 Å². The van der Waals surface area contributed by atoms with Crippen LogP contribution in [0.3, 0.4) is 0 Å². The van der Waals surface area contributed by atoms with Crippen molar-refractivity contribution in [2.75, 3.05) is 0 Å². The average Bonchev–Trinajstić information content (AvgIpc) is 2.24. The second-order valence-electron chi connectivity index (χ2n) is 2.93. The molecule has 0 aliphatic heterocycles. The first-order valence-corrected chi connectivity index (χ1v) is 5.25. The van der Waals surface area contributed by atoms with Gasteiger partial charge >= 0.3 is 5.97 Å². The Morgan fingerprint density at radius 3 is 2.14 bits per heavy atom. The molecule has 78 valence electrons. The number of aromatic carboxylic acids is 1. The highest BCUT2D eigenvalue weighted by Crippen LogP contribution is 2.21. The number of carboxylic acids is 1. The molecule has 1 aromatic rings. The SMILES string of the molecule is Cc1[nH]c(C(=O)O)c(C)c1S(N)(=O)=O. The third-order valence-corrected chi connectivity index (χ3v) is 3.05. The third kappa shape index (κ3) is 1.64. The average molecular weight is 218 g/mol. The summed E-state index contributed by atoms with van der Waals surface area (Å²) in [7, 11) is -3.87. The molecule has 7 heteroatoms. The predicted octanol–water partition coefficient (Wildman–Crippen LogP) is -0.0229. The molecule has 0 fully saturated rings. The third-order valence-electron chi connectivity index (χ3n) is 1.87. The van der Waals surface area contributed by atoms with Crippen LogP contribution in [-0.2, 0) is 10.0 Å². The molecule has 0 bridgehead atoms. The zero-order valence-electron chi connectivity index (χ0n) is 7.66. The molecule has 0 spiro atoms. The van der Waals surface area contributed by atoms with Gasteiger partial charge in [0.1, 0.15) is 10.6 Å². The zero-order valence-corrected chi connectivity index (χ0v) is 8.47. The first-order chi connectivity index (χ1) is 6.25. The zero-order chi connectivity index (χ0) is 11.1. The van der Waals surface area contributed by atoms with Crippen LogP contribution in [0.1, 0.15) is 21.7 Å². The van der Waals surface area contributed by atoms with E-state index in [0.717, 1.165) is 0 Å². The van der Waals surface area contributed by atoms with Crippen molar-refractivity contribution in [3.63, 3.8) is 0 Å². The molecule has 1 heterocycles. The molecule has 14 heavy (non-hydrogen) atoms. The largest absolute Gasteiger partial charge is 0.477 e. The fourth-order valence-electron chi connectivity index (χ4n) is 1.37. The number of nitrogens with two attached hydrogens (primary N) is 1. The van der Waals surface area contributed by atoms with Gasteiger partial charge in [0.2, 0.25) is 10.0 Å². The minimum Gasteiger partial charge on any atom is -0.477 e. The Bertz CT molecular complexity index is 486. The second kappa shape index (κ2) is 3.10. The van der Waals surface area contributed by atoms with Crippen LogP contribution in [0, 0.1) is 13.8 Å². The summed E-state index contributed by atoms with van der Waals surface area (Å²) in [6.07, 6.45) is 0. The molecule has 1 rings (SSSR count). The van der Waals surface area contributed by atoms with Crippen LogP contribution in [0.25, 0.3) is 0 Å². The quantitative estimate of drug-likeness (QED) is 0.647. The van der Waals surface area contributed by atoms with E-state index in [9.17, 15) is 13.2 Å². The predicted molar refractivity (Wildman–Crippen MR) is 48.6 cm³/mol. The van der Waals surface area contributed by atoms with Gasteiger partial charge in [0.05, 0.1) is 0 Å². The van der Waals surface area contributed by atoms with Gasteiger partial charge in [-0.25, -0.2) is 18.4 Å². The van der Waals surface area contributed by atoms with E-state index in [1.807, 2.05) is 0 Å². The first-order valence-electron chi connectivity index (χ1n) is 3.70. The van der Waals surface area contributed by atoms with Gasteiger partial charge in [-0.1, -0.05) is 0 Å². The van der Waals surface area contributed by atoms with Crippen molar-refractivity contribution in [2.24, 2.45) is 5.14 Å². The van der Waals surface area contributed by atoms with E-state index >= 15 is 0 Å². The van der Waals surface area contributed by atoms with Gasteiger partial charge < -0.3 is 10.1 Å². The Labute approximate surface area is 80.8 Å². The number of primary sulfonamides is 1. The number of H-pyrrole nitrogens is 1. The van der Waals surface area contributed by atoms with Crippen molar-refractivity contribution in [3.05, 3.63) is 17.0 Å². The molecule has 0 aromatic carbocycles. The van der Waals surface area contributed by atoms with Crippen molar-refractivity contribution in [1.29, 1.82) is 0 Å². The minimum atomic E-state index is -3.87. The van der Waals surface area contributed by atoms with Crippen LogP contribution in [0.15, 0.2) is 4.90 Å². The van der Waals surface area contributed by atoms with Crippen LogP contribution < -0.4 is 5.14 Å². The number of nitrogens with one attached hydrogen (secondary N) is 1. The van der Waals surface area contributed by atoms with Crippen molar-refractivity contribution < 1.29 is 18.3 Å². The van der Waals surface area contributed by atoms with Gasteiger partial charge in [-0.2, -0.15) is 0 Å². The van der Waals surface area contributed by atoms with Crippen molar-refractivity contribution in [3.8, 4) is 0 Å². The number of carbonyl (C=O) groups is 1. The van der Waals surface area contributed by atoms with E-state index in [0.29, 0.717) is 0 Å². The Morgan fingerprint density at radius 2 is 1.93 bits per heavy atom. The molecule has 6 nitrogen and oxygen atoms in total. The molecule has 0 aliphatic carbocycles. The van der Waals surface area contributed by atoms with Crippen molar-refractivity contribution in [2.45, 2.75) is 18.7 Å². The monoisotopic (exact) mass is 218 g/mol. The molecule has 0 saturated carbocycles. The van der Waals surface area contributed by atoms with E-state index in [-0.39, 0.29) is 21.8 Å². The topological polar surface area (TPSA) is 113 Å². The highest BCUT2D eigenvalue weighted by molar-refractivity contribution is 7.89. The van der Waals surface area contributed by atoms with Crippen LogP contribution in [0.2, 0.25) is 0 Å². The van der Waals surface area contributed by atoms with Crippen LogP contribution in [0.4, 0.5) is 0 Å². The summed E-state index contributed by atoms with van der Waals surface area (Å²) < 4.78 is 22.2. The number of hydrogen-bond acceptors (Lipinski definition) is 3. The number of hydrogen-bond donors (Lipinski definition) is 3. The lowest BCUT2D eigenvalue weighted by Gasteiger charge is -1.97. The minimum absolute atomic E-state index is 0.137. The van der Waals surface area contributed by atoms with E-state index in [1.165, 1.54) is 13.8 Å². The molecule has 4 N–H and O–H groups in total. The van der Waals surface area contributed by atoms with Crippen LogP contribution in [0.5, 0.6) is 0 Å². The molecular formula is C7H10N2O4S. The second-order valence-corrected chi connectivity index (χ2v) is 4.43. The lowest BCUT2D eigenvalue weighted by molar-refractivity contribution is 0.0690. The van der Waals surface area contributed by atoms with Crippen molar-refractivity contribution >= 4 is 16.0 Å². The summed E-state index contributed by atoms with van der Waals surface area (Å²) in [5.74, 6) is -1.21. The molecule has 0 aliphatic rings. The van der Waals surface area contributed by atoms with E-state index in [4.69, 9.17) is 10.2 Å². The summed E-state index contributed by atoms with van der Waals surface area (Å²) in [6.45, 7) is 2.85. The first kappa shape index (κ1) is 10.7. The maximum absolute atomic E-state index is 11.1. The molecule has 0 atom stereocenters. The molecule has 0 amide bonds. The van der Waals surface area contributed by atoms with Gasteiger partial charge in [0.25, 0.3) is 0 Å². The van der Waals surface area contributed by atoms with Crippen molar-refractivity contribution in [1.82, 2.24) is 4.98 Å². The number of aryl methyl sites for hydroxylation is 1. The fraction of sp³-hybridized carbons (Fsp3) is 0.286. The maximum atomic E-state index is 11.1.